The molecule has 1 heterocycles. The van der Waals surface area contributed by atoms with Gasteiger partial charge < -0.3 is 14.6 Å². The maximum Gasteiger partial charge on any atom is 0.227 e. The number of aromatic nitrogens is 2. The summed E-state index contributed by atoms with van der Waals surface area (Å²) in [5.74, 6) is 1.47. The molecule has 2 atom stereocenters. The highest BCUT2D eigenvalue weighted by Crippen LogP contribution is 2.32. The number of hydrogen-bond donors (Lipinski definition) is 1. The van der Waals surface area contributed by atoms with Crippen molar-refractivity contribution < 1.29 is 14.6 Å². The fourth-order valence-corrected chi connectivity index (χ4v) is 3.66. The van der Waals surface area contributed by atoms with E-state index in [0.29, 0.717) is 25.6 Å². The van der Waals surface area contributed by atoms with Crippen molar-refractivity contribution in [2.75, 3.05) is 20.3 Å². The monoisotopic (exact) mass is 437 g/mol. The molecule has 3 aromatic rings. The molecule has 1 N–H and O–H groups in total. The fraction of sp³-hybridized carbons (Fsp3) is 0.423. The topological polar surface area (TPSA) is 59.8 Å². The summed E-state index contributed by atoms with van der Waals surface area (Å²) in [6.07, 6.45) is 0.416. The summed E-state index contributed by atoms with van der Waals surface area (Å²) in [6.45, 7) is 9.85. The van der Waals surface area contributed by atoms with E-state index in [4.69, 9.17) is 14.6 Å². The number of aliphatic hydroxyl groups is 1. The SMILES string of the molecule is CC[C@H](C)N(Cc1c(C)nn(-c2ccccc2)c1Oc1ccc(C)cc1)C[C@H](O)COC. The molecular weight excluding hydrogens is 402 g/mol. The molecule has 6 heteroatoms. The molecule has 3 rings (SSSR count). The van der Waals surface area contributed by atoms with Crippen LogP contribution in [0.15, 0.2) is 54.6 Å². The lowest BCUT2D eigenvalue weighted by Gasteiger charge is -2.30. The molecule has 6 nitrogen and oxygen atoms in total. The Hall–Kier alpha value is -2.67. The minimum atomic E-state index is -0.556. The first-order chi connectivity index (χ1) is 15.4. The van der Waals surface area contributed by atoms with Crippen LogP contribution in [0.1, 0.15) is 37.1 Å². The van der Waals surface area contributed by atoms with E-state index in [1.165, 1.54) is 5.56 Å². The zero-order chi connectivity index (χ0) is 23.1. The second kappa shape index (κ2) is 11.3. The predicted molar refractivity (Wildman–Crippen MR) is 128 cm³/mol. The number of rotatable bonds is 11. The molecule has 0 fully saturated rings. The number of hydrogen-bond acceptors (Lipinski definition) is 5. The van der Waals surface area contributed by atoms with Crippen molar-refractivity contribution in [1.82, 2.24) is 14.7 Å². The Morgan fingerprint density at radius 3 is 2.38 bits per heavy atom. The highest BCUT2D eigenvalue weighted by Gasteiger charge is 2.24. The maximum atomic E-state index is 10.4. The van der Waals surface area contributed by atoms with E-state index in [-0.39, 0.29) is 6.04 Å². The van der Waals surface area contributed by atoms with E-state index < -0.39 is 6.10 Å². The molecule has 0 spiro atoms. The van der Waals surface area contributed by atoms with E-state index in [1.54, 1.807) is 7.11 Å². The van der Waals surface area contributed by atoms with Crippen molar-refractivity contribution >= 4 is 0 Å². The van der Waals surface area contributed by atoms with Gasteiger partial charge in [0, 0.05) is 26.2 Å². The van der Waals surface area contributed by atoms with Crippen molar-refractivity contribution in [1.29, 1.82) is 0 Å². The van der Waals surface area contributed by atoms with Gasteiger partial charge in [0.25, 0.3) is 0 Å². The predicted octanol–water partition coefficient (Wildman–Crippen LogP) is 4.89. The van der Waals surface area contributed by atoms with E-state index in [2.05, 4.69) is 25.7 Å². The molecule has 172 valence electrons. The van der Waals surface area contributed by atoms with E-state index in [9.17, 15) is 5.11 Å². The third kappa shape index (κ3) is 5.97. The van der Waals surface area contributed by atoms with Crippen LogP contribution in [0, 0.1) is 13.8 Å². The van der Waals surface area contributed by atoms with Crippen LogP contribution in [0.5, 0.6) is 11.6 Å². The standard InChI is InChI=1S/C26H35N3O3/c1-6-20(3)28(16-23(30)18-31-5)17-25-21(4)27-29(22-10-8-7-9-11-22)26(25)32-24-14-12-19(2)13-15-24/h7-15,20,23,30H,6,16-18H2,1-5H3/t20-,23-/m0/s1. The maximum absolute atomic E-state index is 10.4. The molecule has 0 aliphatic heterocycles. The summed E-state index contributed by atoms with van der Waals surface area (Å²) in [4.78, 5) is 2.27. The van der Waals surface area contributed by atoms with Gasteiger partial charge in [-0.05, 0) is 51.5 Å². The third-order valence-electron chi connectivity index (χ3n) is 5.75. The fourth-order valence-electron chi connectivity index (χ4n) is 3.66. The quantitative estimate of drug-likeness (QED) is 0.463. The second-order valence-electron chi connectivity index (χ2n) is 8.33. The van der Waals surface area contributed by atoms with E-state index in [0.717, 1.165) is 29.1 Å². The minimum absolute atomic E-state index is 0.285. The Morgan fingerprint density at radius 2 is 1.75 bits per heavy atom. The Kier molecular flexibility index (Phi) is 8.45. The lowest BCUT2D eigenvalue weighted by Crippen LogP contribution is -2.40. The van der Waals surface area contributed by atoms with Gasteiger partial charge in [-0.25, -0.2) is 4.68 Å². The summed E-state index contributed by atoms with van der Waals surface area (Å²) >= 11 is 0. The molecular formula is C26H35N3O3. The summed E-state index contributed by atoms with van der Waals surface area (Å²) in [7, 11) is 1.61. The largest absolute Gasteiger partial charge is 0.439 e. The van der Waals surface area contributed by atoms with Gasteiger partial charge in [0.2, 0.25) is 5.88 Å². The highest BCUT2D eigenvalue weighted by molar-refractivity contribution is 5.43. The molecule has 0 unspecified atom stereocenters. The molecule has 1 aromatic heterocycles. The van der Waals surface area contributed by atoms with Crippen molar-refractivity contribution in [3.63, 3.8) is 0 Å². The molecule has 0 aliphatic carbocycles. The van der Waals surface area contributed by atoms with Gasteiger partial charge in [-0.3, -0.25) is 4.90 Å². The molecule has 0 saturated carbocycles. The van der Waals surface area contributed by atoms with Crippen LogP contribution in [-0.4, -0.2) is 52.2 Å². The highest BCUT2D eigenvalue weighted by atomic mass is 16.5. The number of nitrogens with zero attached hydrogens (tertiary/aromatic N) is 3. The molecule has 0 saturated heterocycles. The first-order valence-corrected chi connectivity index (χ1v) is 11.2. The first kappa shape index (κ1) is 24.0. The van der Waals surface area contributed by atoms with Crippen LogP contribution in [0.3, 0.4) is 0 Å². The van der Waals surface area contributed by atoms with Crippen molar-refractivity contribution in [2.45, 2.75) is 52.8 Å². The zero-order valence-electron chi connectivity index (χ0n) is 19.8. The molecule has 32 heavy (non-hydrogen) atoms. The lowest BCUT2D eigenvalue weighted by molar-refractivity contribution is 0.0252. The van der Waals surface area contributed by atoms with E-state index in [1.807, 2.05) is 66.2 Å². The van der Waals surface area contributed by atoms with Crippen molar-refractivity contribution in [3.8, 4) is 17.3 Å². The van der Waals surface area contributed by atoms with Crippen molar-refractivity contribution in [3.05, 3.63) is 71.4 Å². The number of ether oxygens (including phenoxy) is 2. The third-order valence-corrected chi connectivity index (χ3v) is 5.75. The Balaban J connectivity index is 2.01. The first-order valence-electron chi connectivity index (χ1n) is 11.2. The van der Waals surface area contributed by atoms with Gasteiger partial charge in [-0.1, -0.05) is 42.8 Å². The second-order valence-corrected chi connectivity index (χ2v) is 8.33. The van der Waals surface area contributed by atoms with Gasteiger partial charge in [-0.2, -0.15) is 5.10 Å². The van der Waals surface area contributed by atoms with Gasteiger partial charge >= 0.3 is 0 Å². The Labute approximate surface area is 191 Å². The average molecular weight is 438 g/mol. The summed E-state index contributed by atoms with van der Waals surface area (Å²) in [5, 5.41) is 15.2. The Morgan fingerprint density at radius 1 is 1.06 bits per heavy atom. The van der Waals surface area contributed by atoms with Crippen molar-refractivity contribution in [2.24, 2.45) is 0 Å². The summed E-state index contributed by atoms with van der Waals surface area (Å²) < 4.78 is 13.4. The summed E-state index contributed by atoms with van der Waals surface area (Å²) in [6, 6.07) is 18.3. The molecule has 0 amide bonds. The number of aliphatic hydroxyl groups excluding tert-OH is 1. The number of methoxy groups -OCH3 is 1. The zero-order valence-corrected chi connectivity index (χ0v) is 19.8. The number of benzene rings is 2. The minimum Gasteiger partial charge on any atom is -0.439 e. The van der Waals surface area contributed by atoms with Crippen LogP contribution in [-0.2, 0) is 11.3 Å². The van der Waals surface area contributed by atoms with Gasteiger partial charge in [-0.15, -0.1) is 0 Å². The number of aryl methyl sites for hydroxylation is 2. The van der Waals surface area contributed by atoms with Crippen LogP contribution in [0.4, 0.5) is 0 Å². The lowest BCUT2D eigenvalue weighted by atomic mass is 10.1. The Bertz CT molecular complexity index is 970. The molecule has 2 aromatic carbocycles. The normalized spacial score (nSPS) is 13.3. The van der Waals surface area contributed by atoms with Gasteiger partial charge in [0.05, 0.1) is 29.7 Å². The molecule has 0 radical (unpaired) electrons. The molecule has 0 aliphatic rings. The van der Waals surface area contributed by atoms with Crippen LogP contribution >= 0.6 is 0 Å². The molecule has 0 bridgehead atoms. The van der Waals surface area contributed by atoms with Crippen LogP contribution in [0.2, 0.25) is 0 Å². The van der Waals surface area contributed by atoms with Gasteiger partial charge in [0.1, 0.15) is 5.75 Å². The number of para-hydroxylation sites is 1. The van der Waals surface area contributed by atoms with E-state index >= 15 is 0 Å². The van der Waals surface area contributed by atoms with Crippen LogP contribution < -0.4 is 4.74 Å². The smallest absolute Gasteiger partial charge is 0.227 e. The average Bonchev–Trinajstić information content (AvgIpc) is 3.10. The van der Waals surface area contributed by atoms with Crippen LogP contribution in [0.25, 0.3) is 5.69 Å². The van der Waals surface area contributed by atoms with Gasteiger partial charge in [0.15, 0.2) is 0 Å². The summed E-state index contributed by atoms with van der Waals surface area (Å²) in [5.41, 5.74) is 4.05.